The highest BCUT2D eigenvalue weighted by Gasteiger charge is 2.07. The van der Waals surface area contributed by atoms with Gasteiger partial charge in [0.15, 0.2) is 11.4 Å². The Labute approximate surface area is 144 Å². The number of nitrogens with zero attached hydrogens (tertiary/aromatic N) is 2. The average molecular weight is 345 g/mol. The molecule has 3 rings (SSSR count). The molecule has 0 spiro atoms. The number of nitrogens with one attached hydrogen (secondary N) is 2. The van der Waals surface area contributed by atoms with Crippen LogP contribution in [0.4, 0.5) is 10.5 Å². The number of carbonyl (C=O) groups is 1. The van der Waals surface area contributed by atoms with Gasteiger partial charge in [0.05, 0.1) is 12.8 Å². The maximum atomic E-state index is 11.9. The molecule has 1 aromatic carbocycles. The van der Waals surface area contributed by atoms with Gasteiger partial charge < -0.3 is 19.8 Å². The molecule has 2 heterocycles. The van der Waals surface area contributed by atoms with Crippen LogP contribution in [0.5, 0.6) is 5.75 Å². The van der Waals surface area contributed by atoms with Crippen LogP contribution in [0.2, 0.25) is 5.02 Å². The second-order valence-corrected chi connectivity index (χ2v) is 5.61. The van der Waals surface area contributed by atoms with E-state index in [9.17, 15) is 4.79 Å². The van der Waals surface area contributed by atoms with Crippen LogP contribution in [0, 0.1) is 0 Å². The lowest BCUT2D eigenvalue weighted by atomic mass is 10.3. The zero-order valence-corrected chi connectivity index (χ0v) is 13.9. The Morgan fingerprint density at radius 2 is 2.08 bits per heavy atom. The normalized spacial score (nSPS) is 10.6. The van der Waals surface area contributed by atoms with Crippen molar-refractivity contribution >= 4 is 29.0 Å². The Morgan fingerprint density at radius 1 is 1.29 bits per heavy atom. The summed E-state index contributed by atoms with van der Waals surface area (Å²) in [4.78, 5) is 16.4. The van der Waals surface area contributed by atoms with Gasteiger partial charge in [0, 0.05) is 36.1 Å². The Balaban J connectivity index is 1.54. The van der Waals surface area contributed by atoms with Crippen molar-refractivity contribution in [2.45, 2.75) is 6.42 Å². The number of amides is 2. The largest absolute Gasteiger partial charge is 0.493 e. The number of fused-ring (bicyclic) bond motifs is 1. The molecule has 124 valence electrons. The molecule has 0 saturated heterocycles. The minimum atomic E-state index is -0.265. The van der Waals surface area contributed by atoms with E-state index in [-0.39, 0.29) is 6.03 Å². The third-order valence-corrected chi connectivity index (χ3v) is 3.74. The highest BCUT2D eigenvalue weighted by atomic mass is 35.5. The summed E-state index contributed by atoms with van der Waals surface area (Å²) in [6, 6.07) is 10.4. The SMILES string of the molecule is COc1cccn2cc(CCNC(=O)Nc3ccc(Cl)cc3)nc12. The number of ether oxygens (including phenoxy) is 1. The molecule has 6 nitrogen and oxygen atoms in total. The van der Waals surface area contributed by atoms with E-state index in [2.05, 4.69) is 15.6 Å². The van der Waals surface area contributed by atoms with Gasteiger partial charge in [-0.1, -0.05) is 11.6 Å². The van der Waals surface area contributed by atoms with Crippen molar-refractivity contribution < 1.29 is 9.53 Å². The van der Waals surface area contributed by atoms with Gasteiger partial charge in [-0.25, -0.2) is 9.78 Å². The molecule has 2 amide bonds. The molecule has 0 radical (unpaired) electrons. The van der Waals surface area contributed by atoms with Gasteiger partial charge in [-0.15, -0.1) is 0 Å². The Kier molecular flexibility index (Phi) is 4.86. The molecule has 2 N–H and O–H groups in total. The molecule has 0 aliphatic rings. The Morgan fingerprint density at radius 3 is 2.83 bits per heavy atom. The van der Waals surface area contributed by atoms with E-state index in [1.807, 2.05) is 28.9 Å². The highest BCUT2D eigenvalue weighted by Crippen LogP contribution is 2.18. The summed E-state index contributed by atoms with van der Waals surface area (Å²) in [7, 11) is 1.62. The maximum absolute atomic E-state index is 11.9. The number of urea groups is 1. The fourth-order valence-corrected chi connectivity index (χ4v) is 2.46. The first kappa shape index (κ1) is 16.1. The van der Waals surface area contributed by atoms with Crippen molar-refractivity contribution in [2.75, 3.05) is 19.0 Å². The molecule has 3 aromatic rings. The maximum Gasteiger partial charge on any atom is 0.319 e. The van der Waals surface area contributed by atoms with Crippen LogP contribution in [0.3, 0.4) is 0 Å². The number of anilines is 1. The van der Waals surface area contributed by atoms with E-state index in [0.29, 0.717) is 23.7 Å². The molecule has 0 aliphatic carbocycles. The molecular weight excluding hydrogens is 328 g/mol. The van der Waals surface area contributed by atoms with Crippen molar-refractivity contribution in [3.63, 3.8) is 0 Å². The number of pyridine rings is 1. The number of halogens is 1. The van der Waals surface area contributed by atoms with E-state index in [1.165, 1.54) is 0 Å². The quantitative estimate of drug-likeness (QED) is 0.745. The third-order valence-electron chi connectivity index (χ3n) is 3.49. The summed E-state index contributed by atoms with van der Waals surface area (Å²) >= 11 is 5.81. The summed E-state index contributed by atoms with van der Waals surface area (Å²) in [5, 5.41) is 6.18. The topological polar surface area (TPSA) is 67.7 Å². The Hall–Kier alpha value is -2.73. The van der Waals surface area contributed by atoms with Gasteiger partial charge in [-0.2, -0.15) is 0 Å². The number of hydrogen-bond donors (Lipinski definition) is 2. The minimum absolute atomic E-state index is 0.265. The first-order chi connectivity index (χ1) is 11.7. The van der Waals surface area contributed by atoms with Crippen molar-refractivity contribution in [3.8, 4) is 5.75 Å². The van der Waals surface area contributed by atoms with Crippen LogP contribution in [-0.2, 0) is 6.42 Å². The first-order valence-electron chi connectivity index (χ1n) is 7.47. The van der Waals surface area contributed by atoms with Gasteiger partial charge in [0.2, 0.25) is 0 Å². The number of hydrogen-bond acceptors (Lipinski definition) is 3. The van der Waals surface area contributed by atoms with Crippen molar-refractivity contribution in [1.82, 2.24) is 14.7 Å². The number of imidazole rings is 1. The van der Waals surface area contributed by atoms with Crippen LogP contribution < -0.4 is 15.4 Å². The number of aromatic nitrogens is 2. The minimum Gasteiger partial charge on any atom is -0.493 e. The fraction of sp³-hybridized carbons (Fsp3) is 0.176. The number of benzene rings is 1. The standard InChI is InChI=1S/C17H17ClN4O2/c1-24-15-3-2-10-22-11-14(20-16(15)22)8-9-19-17(23)21-13-6-4-12(18)5-7-13/h2-7,10-11H,8-9H2,1H3,(H2,19,21,23). The molecule has 0 unspecified atom stereocenters. The summed E-state index contributed by atoms with van der Waals surface area (Å²) in [5.74, 6) is 0.720. The first-order valence-corrected chi connectivity index (χ1v) is 7.84. The summed E-state index contributed by atoms with van der Waals surface area (Å²) in [6.45, 7) is 0.478. The lowest BCUT2D eigenvalue weighted by Crippen LogP contribution is -2.30. The molecule has 2 aromatic heterocycles. The molecule has 0 saturated carbocycles. The molecular formula is C17H17ClN4O2. The van der Waals surface area contributed by atoms with Crippen molar-refractivity contribution in [1.29, 1.82) is 0 Å². The third kappa shape index (κ3) is 3.78. The van der Waals surface area contributed by atoms with E-state index in [1.54, 1.807) is 31.4 Å². The lowest BCUT2D eigenvalue weighted by molar-refractivity contribution is 0.252. The van der Waals surface area contributed by atoms with Gasteiger partial charge in [0.25, 0.3) is 0 Å². The van der Waals surface area contributed by atoms with Gasteiger partial charge >= 0.3 is 6.03 Å². The zero-order chi connectivity index (χ0) is 16.9. The number of carbonyl (C=O) groups excluding carboxylic acids is 1. The smallest absolute Gasteiger partial charge is 0.319 e. The van der Waals surface area contributed by atoms with E-state index >= 15 is 0 Å². The summed E-state index contributed by atoms with van der Waals surface area (Å²) in [5.41, 5.74) is 2.33. The van der Waals surface area contributed by atoms with Crippen molar-refractivity contribution in [2.24, 2.45) is 0 Å². The van der Waals surface area contributed by atoms with Crippen LogP contribution >= 0.6 is 11.6 Å². The molecule has 7 heteroatoms. The molecule has 24 heavy (non-hydrogen) atoms. The van der Waals surface area contributed by atoms with Crippen molar-refractivity contribution in [3.05, 3.63) is 59.5 Å². The molecule has 0 atom stereocenters. The van der Waals surface area contributed by atoms with Crippen LogP contribution in [-0.4, -0.2) is 29.1 Å². The fourth-order valence-electron chi connectivity index (χ4n) is 2.33. The van der Waals surface area contributed by atoms with Crippen LogP contribution in [0.15, 0.2) is 48.8 Å². The molecule has 0 bridgehead atoms. The van der Waals surface area contributed by atoms with E-state index < -0.39 is 0 Å². The van der Waals surface area contributed by atoms with Crippen LogP contribution in [0.1, 0.15) is 5.69 Å². The lowest BCUT2D eigenvalue weighted by Gasteiger charge is -2.06. The van der Waals surface area contributed by atoms with Gasteiger partial charge in [-0.3, -0.25) is 0 Å². The zero-order valence-electron chi connectivity index (χ0n) is 13.1. The molecule has 0 aliphatic heterocycles. The average Bonchev–Trinajstić information content (AvgIpc) is 2.99. The summed E-state index contributed by atoms with van der Waals surface area (Å²) in [6.07, 6.45) is 4.46. The second kappa shape index (κ2) is 7.23. The van der Waals surface area contributed by atoms with Gasteiger partial charge in [0.1, 0.15) is 0 Å². The molecule has 0 fully saturated rings. The monoisotopic (exact) mass is 344 g/mol. The van der Waals surface area contributed by atoms with Gasteiger partial charge in [-0.05, 0) is 36.4 Å². The highest BCUT2D eigenvalue weighted by molar-refractivity contribution is 6.30. The van der Waals surface area contributed by atoms with E-state index in [0.717, 1.165) is 17.1 Å². The second-order valence-electron chi connectivity index (χ2n) is 5.18. The van der Waals surface area contributed by atoms with E-state index in [4.69, 9.17) is 16.3 Å². The number of rotatable bonds is 5. The predicted molar refractivity (Wildman–Crippen MR) is 93.9 cm³/mol. The van der Waals surface area contributed by atoms with Crippen LogP contribution in [0.25, 0.3) is 5.65 Å². The number of methoxy groups -OCH3 is 1. The Bertz CT molecular complexity index is 845. The predicted octanol–water partition coefficient (Wildman–Crippen LogP) is 3.36. The summed E-state index contributed by atoms with van der Waals surface area (Å²) < 4.78 is 7.19.